The van der Waals surface area contributed by atoms with Gasteiger partial charge in [0, 0.05) is 4.88 Å². The van der Waals surface area contributed by atoms with Gasteiger partial charge in [-0.1, -0.05) is 37.3 Å². The Hall–Kier alpha value is -2.34. The Kier molecular flexibility index (Phi) is 5.38. The molecule has 0 spiro atoms. The maximum Gasteiger partial charge on any atom is 0.412 e. The number of anilines is 1. The molecule has 1 aromatic heterocycles. The number of rotatable bonds is 5. The molecule has 0 saturated heterocycles. The lowest BCUT2D eigenvalue weighted by molar-refractivity contribution is 0.0696. The maximum absolute atomic E-state index is 12.1. The van der Waals surface area contributed by atoms with E-state index in [1.54, 1.807) is 0 Å². The van der Waals surface area contributed by atoms with Gasteiger partial charge in [-0.05, 0) is 42.7 Å². The molecule has 1 aliphatic rings. The molecule has 1 aromatic carbocycles. The third-order valence-corrected chi connectivity index (χ3v) is 5.70. The first-order chi connectivity index (χ1) is 12.1. The molecule has 6 heteroatoms. The first-order valence-corrected chi connectivity index (χ1v) is 9.28. The predicted octanol–water partition coefficient (Wildman–Crippen LogP) is 5.02. The van der Waals surface area contributed by atoms with Crippen LogP contribution in [0.2, 0.25) is 0 Å². The molecule has 132 valence electrons. The topological polar surface area (TPSA) is 75.6 Å². The lowest BCUT2D eigenvalue weighted by Crippen LogP contribution is -2.16. The third kappa shape index (κ3) is 3.85. The first kappa shape index (κ1) is 17.5. The summed E-state index contributed by atoms with van der Waals surface area (Å²) in [4.78, 5) is 25.0. The molecule has 0 radical (unpaired) electrons. The summed E-state index contributed by atoms with van der Waals surface area (Å²) in [6.07, 6.45) is 3.21. The Bertz CT molecular complexity index is 769. The molecular formula is C19H21NO4S. The van der Waals surface area contributed by atoms with E-state index in [2.05, 4.69) is 12.2 Å². The van der Waals surface area contributed by atoms with Crippen LogP contribution in [-0.4, -0.2) is 17.2 Å². The van der Waals surface area contributed by atoms with Crippen molar-refractivity contribution < 1.29 is 19.4 Å². The summed E-state index contributed by atoms with van der Waals surface area (Å²) in [6.45, 7) is 2.22. The fourth-order valence-electron chi connectivity index (χ4n) is 3.32. The molecule has 0 aliphatic heterocycles. The second-order valence-corrected chi connectivity index (χ2v) is 7.24. The summed E-state index contributed by atoms with van der Waals surface area (Å²) < 4.78 is 5.22. The number of fused-ring (bicyclic) bond motifs is 1. The van der Waals surface area contributed by atoms with Crippen molar-refractivity contribution in [2.24, 2.45) is 0 Å². The lowest BCUT2D eigenvalue weighted by Gasteiger charge is -2.21. The molecule has 2 aromatic rings. The van der Waals surface area contributed by atoms with Gasteiger partial charge in [-0.25, -0.2) is 9.59 Å². The van der Waals surface area contributed by atoms with Crippen LogP contribution >= 0.6 is 11.3 Å². The molecule has 1 amide bonds. The van der Waals surface area contributed by atoms with Crippen molar-refractivity contribution >= 4 is 28.4 Å². The zero-order chi connectivity index (χ0) is 17.8. The summed E-state index contributed by atoms with van der Waals surface area (Å²) in [7, 11) is 0. The van der Waals surface area contributed by atoms with E-state index in [1.165, 1.54) is 11.3 Å². The molecule has 2 N–H and O–H groups in total. The van der Waals surface area contributed by atoms with Crippen LogP contribution in [0.1, 0.15) is 58.5 Å². The molecule has 3 rings (SSSR count). The van der Waals surface area contributed by atoms with Gasteiger partial charge in [-0.2, -0.15) is 0 Å². The Balaban J connectivity index is 1.77. The van der Waals surface area contributed by atoms with E-state index < -0.39 is 12.1 Å². The second-order valence-electron chi connectivity index (χ2n) is 6.13. The van der Waals surface area contributed by atoms with E-state index >= 15 is 0 Å². The van der Waals surface area contributed by atoms with Crippen LogP contribution in [0.3, 0.4) is 0 Å². The summed E-state index contributed by atoms with van der Waals surface area (Å²) in [6, 6.07) is 9.37. The van der Waals surface area contributed by atoms with Gasteiger partial charge in [0.25, 0.3) is 0 Å². The molecule has 1 atom stereocenters. The Labute approximate surface area is 150 Å². The van der Waals surface area contributed by atoms with Gasteiger partial charge in [-0.15, -0.1) is 11.3 Å². The molecule has 25 heavy (non-hydrogen) atoms. The number of hydrogen-bond acceptors (Lipinski definition) is 4. The van der Waals surface area contributed by atoms with Crippen molar-refractivity contribution in [3.8, 4) is 0 Å². The van der Waals surface area contributed by atoms with E-state index in [0.29, 0.717) is 5.00 Å². The number of aromatic carboxylic acids is 1. The second kappa shape index (κ2) is 7.70. The van der Waals surface area contributed by atoms with Crippen LogP contribution in [-0.2, 0) is 17.8 Å². The van der Waals surface area contributed by atoms with Crippen molar-refractivity contribution in [3.05, 3.63) is 51.9 Å². The number of hydrogen-bond donors (Lipinski definition) is 2. The summed E-state index contributed by atoms with van der Waals surface area (Å²) in [5.41, 5.74) is 2.03. The third-order valence-electron chi connectivity index (χ3n) is 4.52. The number of thiophene rings is 1. The highest BCUT2D eigenvalue weighted by molar-refractivity contribution is 7.17. The highest BCUT2D eigenvalue weighted by Crippen LogP contribution is 2.44. The summed E-state index contributed by atoms with van der Waals surface area (Å²) in [5.74, 6) is -0.738. The Morgan fingerprint density at radius 1 is 1.32 bits per heavy atom. The Morgan fingerprint density at radius 3 is 2.76 bits per heavy atom. The number of aryl methyl sites for hydroxylation is 1. The van der Waals surface area contributed by atoms with Gasteiger partial charge in [0.15, 0.2) is 0 Å². The number of nitrogens with one attached hydrogen (secondary N) is 1. The minimum absolute atomic E-state index is 0.151. The lowest BCUT2D eigenvalue weighted by atomic mass is 9.83. The number of benzene rings is 1. The standard InChI is InChI=1S/C19H21NO4S/c1-2-13-9-6-10-14-15(13)16(18(21)22)17(25-14)20-19(23)24-11-12-7-4-3-5-8-12/h3-5,7-8,13H,2,6,9-11H2,1H3,(H,20,23)(H,21,22). The zero-order valence-corrected chi connectivity index (χ0v) is 14.9. The van der Waals surface area contributed by atoms with Crippen LogP contribution in [0.25, 0.3) is 0 Å². The van der Waals surface area contributed by atoms with Gasteiger partial charge in [0.05, 0.1) is 5.56 Å². The van der Waals surface area contributed by atoms with Crippen LogP contribution < -0.4 is 5.32 Å². The minimum atomic E-state index is -0.990. The van der Waals surface area contributed by atoms with E-state index in [-0.39, 0.29) is 18.1 Å². The van der Waals surface area contributed by atoms with Crippen molar-refractivity contribution in [3.63, 3.8) is 0 Å². The van der Waals surface area contributed by atoms with Crippen molar-refractivity contribution in [2.45, 2.75) is 45.1 Å². The maximum atomic E-state index is 12.1. The fraction of sp³-hybridized carbons (Fsp3) is 0.368. The number of ether oxygens (including phenoxy) is 1. The number of carbonyl (C=O) groups excluding carboxylic acids is 1. The SMILES string of the molecule is CCC1CCCc2sc(NC(=O)OCc3ccccc3)c(C(=O)O)c21. The highest BCUT2D eigenvalue weighted by atomic mass is 32.1. The van der Waals surface area contributed by atoms with Crippen molar-refractivity contribution in [2.75, 3.05) is 5.32 Å². The van der Waals surface area contributed by atoms with Crippen LogP contribution in [0.5, 0.6) is 0 Å². The van der Waals surface area contributed by atoms with Gasteiger partial charge in [0.2, 0.25) is 0 Å². The van der Waals surface area contributed by atoms with Gasteiger partial charge < -0.3 is 9.84 Å². The van der Waals surface area contributed by atoms with Crippen LogP contribution in [0.15, 0.2) is 30.3 Å². The van der Waals surface area contributed by atoms with E-state index in [1.807, 2.05) is 30.3 Å². The number of carboxylic acid groups (broad SMARTS) is 1. The molecule has 1 heterocycles. The average Bonchev–Trinajstić information content (AvgIpc) is 2.98. The molecule has 1 aliphatic carbocycles. The molecular weight excluding hydrogens is 338 g/mol. The number of amides is 1. The average molecular weight is 359 g/mol. The van der Waals surface area contributed by atoms with E-state index in [0.717, 1.165) is 41.7 Å². The zero-order valence-electron chi connectivity index (χ0n) is 14.1. The quantitative estimate of drug-likeness (QED) is 0.785. The molecule has 0 fully saturated rings. The van der Waals surface area contributed by atoms with Crippen LogP contribution in [0.4, 0.5) is 9.80 Å². The molecule has 0 bridgehead atoms. The molecule has 1 unspecified atom stereocenters. The van der Waals surface area contributed by atoms with Gasteiger partial charge in [-0.3, -0.25) is 5.32 Å². The highest BCUT2D eigenvalue weighted by Gasteiger charge is 2.31. The summed E-state index contributed by atoms with van der Waals surface area (Å²) >= 11 is 1.37. The van der Waals surface area contributed by atoms with Crippen LogP contribution in [0, 0.1) is 0 Å². The van der Waals surface area contributed by atoms with Crippen molar-refractivity contribution in [1.82, 2.24) is 0 Å². The largest absolute Gasteiger partial charge is 0.478 e. The fourth-order valence-corrected chi connectivity index (χ4v) is 4.63. The normalized spacial score (nSPS) is 16.1. The molecule has 0 saturated carbocycles. The van der Waals surface area contributed by atoms with E-state index in [4.69, 9.17) is 4.74 Å². The number of carboxylic acids is 1. The Morgan fingerprint density at radius 2 is 2.08 bits per heavy atom. The predicted molar refractivity (Wildman–Crippen MR) is 97.5 cm³/mol. The van der Waals surface area contributed by atoms with Crippen molar-refractivity contribution in [1.29, 1.82) is 0 Å². The smallest absolute Gasteiger partial charge is 0.412 e. The molecule has 5 nitrogen and oxygen atoms in total. The number of carbonyl (C=O) groups is 2. The first-order valence-electron chi connectivity index (χ1n) is 8.46. The van der Waals surface area contributed by atoms with E-state index in [9.17, 15) is 14.7 Å². The van der Waals surface area contributed by atoms with Gasteiger partial charge in [0.1, 0.15) is 11.6 Å². The minimum Gasteiger partial charge on any atom is -0.478 e. The summed E-state index contributed by atoms with van der Waals surface area (Å²) in [5, 5.41) is 12.7. The monoisotopic (exact) mass is 359 g/mol. The van der Waals surface area contributed by atoms with Gasteiger partial charge >= 0.3 is 12.1 Å².